The normalized spacial score (nSPS) is 10.2. The molecule has 2 aromatic rings. The van der Waals surface area contributed by atoms with Gasteiger partial charge < -0.3 is 4.57 Å². The average molecular weight is 270 g/mol. The molecule has 0 spiro atoms. The van der Waals surface area contributed by atoms with E-state index in [1.807, 2.05) is 13.0 Å². The van der Waals surface area contributed by atoms with E-state index < -0.39 is 0 Å². The van der Waals surface area contributed by atoms with Gasteiger partial charge in [-0.15, -0.1) is 0 Å². The number of halogens is 1. The number of unbranched alkanes of at least 4 members (excludes halogenated alkanes) is 1. The number of benzene rings is 1. The van der Waals surface area contributed by atoms with E-state index in [0.29, 0.717) is 12.2 Å². The van der Waals surface area contributed by atoms with Crippen LogP contribution in [-0.2, 0) is 6.54 Å². The Labute approximate surface area is 116 Å². The minimum Gasteiger partial charge on any atom is -0.307 e. The highest BCUT2D eigenvalue weighted by Gasteiger charge is 2.10. The maximum absolute atomic E-state index is 13.0. The Morgan fingerprint density at radius 1 is 1.20 bits per heavy atom. The van der Waals surface area contributed by atoms with Crippen LogP contribution >= 0.6 is 0 Å². The lowest BCUT2D eigenvalue weighted by Crippen LogP contribution is -2.24. The molecule has 1 aromatic carbocycles. The first kappa shape index (κ1) is 14.0. The van der Waals surface area contributed by atoms with Crippen molar-refractivity contribution in [1.29, 1.82) is 5.26 Å². The minimum atomic E-state index is -0.315. The fourth-order valence-corrected chi connectivity index (χ4v) is 2.07. The smallest absolute Gasteiger partial charge is 0.268 e. The van der Waals surface area contributed by atoms with Crippen LogP contribution in [0.25, 0.3) is 11.3 Å². The molecule has 1 aromatic heterocycles. The van der Waals surface area contributed by atoms with Crippen molar-refractivity contribution in [3.63, 3.8) is 0 Å². The van der Waals surface area contributed by atoms with E-state index >= 15 is 0 Å². The van der Waals surface area contributed by atoms with Crippen LogP contribution in [0, 0.1) is 17.1 Å². The van der Waals surface area contributed by atoms with E-state index in [1.165, 1.54) is 18.2 Å². The first-order valence-corrected chi connectivity index (χ1v) is 6.57. The molecular formula is C16H15FN2O. The maximum Gasteiger partial charge on any atom is 0.268 e. The summed E-state index contributed by atoms with van der Waals surface area (Å²) in [6.45, 7) is 2.59. The molecule has 102 valence electrons. The number of aromatic nitrogens is 1. The second kappa shape index (κ2) is 6.16. The van der Waals surface area contributed by atoms with Gasteiger partial charge in [-0.25, -0.2) is 4.39 Å². The number of pyridine rings is 1. The van der Waals surface area contributed by atoms with Gasteiger partial charge in [-0.3, -0.25) is 4.79 Å². The molecule has 1 heterocycles. The lowest BCUT2D eigenvalue weighted by molar-refractivity contribution is 0.616. The molecule has 4 heteroatoms. The Kier molecular flexibility index (Phi) is 4.31. The standard InChI is InChI=1S/C16H15FN2O/c1-2-3-10-19-15(9-6-13(11-18)16(19)20)12-4-7-14(17)8-5-12/h4-9H,2-3,10H2,1H3. The molecule has 0 aliphatic carbocycles. The zero-order valence-electron chi connectivity index (χ0n) is 11.3. The highest BCUT2D eigenvalue weighted by molar-refractivity contribution is 5.60. The minimum absolute atomic E-state index is 0.131. The Hall–Kier alpha value is -2.41. The molecule has 0 aliphatic heterocycles. The second-order valence-corrected chi connectivity index (χ2v) is 4.56. The van der Waals surface area contributed by atoms with Crippen LogP contribution in [0.3, 0.4) is 0 Å². The molecule has 0 bridgehead atoms. The number of rotatable bonds is 4. The van der Waals surface area contributed by atoms with Crippen LogP contribution in [0.4, 0.5) is 4.39 Å². The van der Waals surface area contributed by atoms with E-state index in [9.17, 15) is 9.18 Å². The van der Waals surface area contributed by atoms with E-state index in [1.54, 1.807) is 22.8 Å². The van der Waals surface area contributed by atoms with Crippen LogP contribution in [0.2, 0.25) is 0 Å². The molecule has 0 fully saturated rings. The molecule has 0 atom stereocenters. The Morgan fingerprint density at radius 2 is 1.90 bits per heavy atom. The van der Waals surface area contributed by atoms with Crippen molar-refractivity contribution in [2.24, 2.45) is 0 Å². The predicted molar refractivity (Wildman–Crippen MR) is 75.7 cm³/mol. The maximum atomic E-state index is 13.0. The summed E-state index contributed by atoms with van der Waals surface area (Å²) in [6, 6.07) is 11.2. The van der Waals surface area contributed by atoms with Crippen molar-refractivity contribution >= 4 is 0 Å². The Bertz CT molecular complexity index is 696. The third kappa shape index (κ3) is 2.77. The fraction of sp³-hybridized carbons (Fsp3) is 0.250. The van der Waals surface area contributed by atoms with E-state index in [-0.39, 0.29) is 16.9 Å². The van der Waals surface area contributed by atoms with Gasteiger partial charge in [0.05, 0.1) is 5.69 Å². The predicted octanol–water partition coefficient (Wildman–Crippen LogP) is 3.33. The number of nitriles is 1. The monoisotopic (exact) mass is 270 g/mol. The summed E-state index contributed by atoms with van der Waals surface area (Å²) in [5.74, 6) is -0.315. The quantitative estimate of drug-likeness (QED) is 0.855. The highest BCUT2D eigenvalue weighted by Crippen LogP contribution is 2.19. The number of nitrogens with zero attached hydrogens (tertiary/aromatic N) is 2. The second-order valence-electron chi connectivity index (χ2n) is 4.56. The van der Waals surface area contributed by atoms with Gasteiger partial charge in [-0.1, -0.05) is 13.3 Å². The molecule has 0 aliphatic rings. The third-order valence-corrected chi connectivity index (χ3v) is 3.17. The summed E-state index contributed by atoms with van der Waals surface area (Å²) in [5.41, 5.74) is 1.32. The average Bonchev–Trinajstić information content (AvgIpc) is 2.47. The molecule has 0 unspecified atom stereocenters. The van der Waals surface area contributed by atoms with E-state index in [2.05, 4.69) is 0 Å². The molecule has 0 radical (unpaired) electrons. The van der Waals surface area contributed by atoms with Gasteiger partial charge in [0.1, 0.15) is 17.4 Å². The first-order valence-electron chi connectivity index (χ1n) is 6.57. The molecule has 0 amide bonds. The number of hydrogen-bond donors (Lipinski definition) is 0. The molecule has 3 nitrogen and oxygen atoms in total. The van der Waals surface area contributed by atoms with Gasteiger partial charge in [0, 0.05) is 6.54 Å². The number of hydrogen-bond acceptors (Lipinski definition) is 2. The lowest BCUT2D eigenvalue weighted by Gasteiger charge is -2.13. The van der Waals surface area contributed by atoms with Gasteiger partial charge >= 0.3 is 0 Å². The fourth-order valence-electron chi connectivity index (χ4n) is 2.07. The summed E-state index contributed by atoms with van der Waals surface area (Å²) in [7, 11) is 0. The SMILES string of the molecule is CCCCn1c(-c2ccc(F)cc2)ccc(C#N)c1=O. The van der Waals surface area contributed by atoms with Gasteiger partial charge in [-0.05, 0) is 48.4 Å². The lowest BCUT2D eigenvalue weighted by atomic mass is 10.1. The summed E-state index contributed by atoms with van der Waals surface area (Å²) in [5, 5.41) is 8.95. The highest BCUT2D eigenvalue weighted by atomic mass is 19.1. The van der Waals surface area contributed by atoms with Crippen molar-refractivity contribution in [1.82, 2.24) is 4.57 Å². The van der Waals surface area contributed by atoms with Crippen LogP contribution < -0.4 is 5.56 Å². The molecule has 0 saturated heterocycles. The topological polar surface area (TPSA) is 45.8 Å². The van der Waals surface area contributed by atoms with Crippen molar-refractivity contribution in [3.05, 3.63) is 58.1 Å². The third-order valence-electron chi connectivity index (χ3n) is 3.17. The van der Waals surface area contributed by atoms with E-state index in [4.69, 9.17) is 5.26 Å². The summed E-state index contributed by atoms with van der Waals surface area (Å²) in [4.78, 5) is 12.2. The Morgan fingerprint density at radius 3 is 2.50 bits per heavy atom. The summed E-state index contributed by atoms with van der Waals surface area (Å²) < 4.78 is 14.6. The van der Waals surface area contributed by atoms with E-state index in [0.717, 1.165) is 18.4 Å². The largest absolute Gasteiger partial charge is 0.307 e. The molecular weight excluding hydrogens is 255 g/mol. The molecule has 20 heavy (non-hydrogen) atoms. The molecule has 0 saturated carbocycles. The van der Waals surface area contributed by atoms with Crippen LogP contribution in [0.1, 0.15) is 25.3 Å². The van der Waals surface area contributed by atoms with Gasteiger partial charge in [0.25, 0.3) is 5.56 Å². The first-order chi connectivity index (χ1) is 9.67. The zero-order chi connectivity index (χ0) is 14.5. The molecule has 0 N–H and O–H groups in total. The van der Waals surface area contributed by atoms with Gasteiger partial charge in [-0.2, -0.15) is 5.26 Å². The zero-order valence-corrected chi connectivity index (χ0v) is 11.3. The van der Waals surface area contributed by atoms with Crippen LogP contribution in [0.15, 0.2) is 41.2 Å². The van der Waals surface area contributed by atoms with Crippen molar-refractivity contribution in [2.75, 3.05) is 0 Å². The summed E-state index contributed by atoms with van der Waals surface area (Å²) >= 11 is 0. The van der Waals surface area contributed by atoms with Gasteiger partial charge in [0.15, 0.2) is 0 Å². The van der Waals surface area contributed by atoms with Crippen molar-refractivity contribution < 1.29 is 4.39 Å². The van der Waals surface area contributed by atoms with Gasteiger partial charge in [0.2, 0.25) is 0 Å². The summed E-state index contributed by atoms with van der Waals surface area (Å²) in [6.07, 6.45) is 1.80. The molecule has 2 rings (SSSR count). The van der Waals surface area contributed by atoms with Crippen LogP contribution in [0.5, 0.6) is 0 Å². The van der Waals surface area contributed by atoms with Crippen molar-refractivity contribution in [2.45, 2.75) is 26.3 Å². The Balaban J connectivity index is 2.57. The van der Waals surface area contributed by atoms with Crippen LogP contribution in [-0.4, -0.2) is 4.57 Å². The van der Waals surface area contributed by atoms with Crippen molar-refractivity contribution in [3.8, 4) is 17.3 Å².